The van der Waals surface area contributed by atoms with Crippen molar-refractivity contribution in [2.45, 2.75) is 12.8 Å². The van der Waals surface area contributed by atoms with Gasteiger partial charge in [-0.1, -0.05) is 42.5 Å². The highest BCUT2D eigenvalue weighted by Gasteiger charge is 2.29. The number of hydrogen-bond donors (Lipinski definition) is 0. The molecule has 0 radical (unpaired) electrons. The van der Waals surface area contributed by atoms with E-state index < -0.39 is 0 Å². The first-order valence-electron chi connectivity index (χ1n) is 7.75. The minimum atomic E-state index is 1.08. The Morgan fingerprint density at radius 2 is 1.27 bits per heavy atom. The summed E-state index contributed by atoms with van der Waals surface area (Å²) in [6.45, 7) is 0. The SMILES string of the molecule is C[n+]1ccccc1N1c2ccccc2CCc2ccccc21. The molecule has 0 saturated carbocycles. The molecule has 2 heteroatoms. The number of hydrogen-bond acceptors (Lipinski definition) is 1. The number of nitrogens with zero attached hydrogens (tertiary/aromatic N) is 2. The topological polar surface area (TPSA) is 7.12 Å². The molecule has 0 bridgehead atoms. The molecule has 0 saturated heterocycles. The third-order valence-electron chi connectivity index (χ3n) is 4.39. The van der Waals surface area contributed by atoms with E-state index in [0.29, 0.717) is 0 Å². The lowest BCUT2D eigenvalue weighted by Crippen LogP contribution is -2.34. The number of para-hydroxylation sites is 2. The van der Waals surface area contributed by atoms with Gasteiger partial charge in [-0.2, -0.15) is 4.90 Å². The highest BCUT2D eigenvalue weighted by molar-refractivity contribution is 5.78. The van der Waals surface area contributed by atoms with Crippen LogP contribution in [0.3, 0.4) is 0 Å². The van der Waals surface area contributed by atoms with Crippen LogP contribution in [0, 0.1) is 0 Å². The maximum atomic E-state index is 2.39. The second kappa shape index (κ2) is 5.30. The number of fused-ring (bicyclic) bond motifs is 2. The van der Waals surface area contributed by atoms with Gasteiger partial charge in [0.25, 0.3) is 5.82 Å². The third-order valence-corrected chi connectivity index (χ3v) is 4.39. The molecule has 1 aliphatic heterocycles. The van der Waals surface area contributed by atoms with Crippen molar-refractivity contribution in [3.63, 3.8) is 0 Å². The number of aryl methyl sites for hydroxylation is 3. The summed E-state index contributed by atoms with van der Waals surface area (Å²) in [6, 6.07) is 23.8. The summed E-state index contributed by atoms with van der Waals surface area (Å²) in [5.41, 5.74) is 5.38. The van der Waals surface area contributed by atoms with E-state index in [1.165, 1.54) is 28.3 Å². The van der Waals surface area contributed by atoms with Gasteiger partial charge in [-0.05, 0) is 42.2 Å². The van der Waals surface area contributed by atoms with Gasteiger partial charge in [0, 0.05) is 6.07 Å². The molecule has 22 heavy (non-hydrogen) atoms. The Hall–Kier alpha value is -2.61. The van der Waals surface area contributed by atoms with Gasteiger partial charge in [-0.15, -0.1) is 0 Å². The fourth-order valence-corrected chi connectivity index (χ4v) is 3.27. The number of aromatic nitrogens is 1. The van der Waals surface area contributed by atoms with Gasteiger partial charge in [0.15, 0.2) is 0 Å². The molecule has 0 spiro atoms. The average Bonchev–Trinajstić information content (AvgIpc) is 2.73. The minimum absolute atomic E-state index is 1.08. The van der Waals surface area contributed by atoms with Crippen molar-refractivity contribution in [1.29, 1.82) is 0 Å². The van der Waals surface area contributed by atoms with Crippen LogP contribution in [0.5, 0.6) is 0 Å². The molecular formula is C20H19N2+. The van der Waals surface area contributed by atoms with Crippen molar-refractivity contribution in [1.82, 2.24) is 0 Å². The predicted octanol–water partition coefficient (Wildman–Crippen LogP) is 4.08. The fraction of sp³-hybridized carbons (Fsp3) is 0.150. The lowest BCUT2D eigenvalue weighted by atomic mass is 10.0. The molecule has 0 fully saturated rings. The lowest BCUT2D eigenvalue weighted by Gasteiger charge is -2.19. The Morgan fingerprint density at radius 3 is 1.86 bits per heavy atom. The van der Waals surface area contributed by atoms with E-state index in [0.717, 1.165) is 12.8 Å². The van der Waals surface area contributed by atoms with Crippen molar-refractivity contribution in [2.24, 2.45) is 7.05 Å². The Balaban J connectivity index is 2.01. The summed E-state index contributed by atoms with van der Waals surface area (Å²) in [7, 11) is 2.10. The molecule has 2 nitrogen and oxygen atoms in total. The first-order chi connectivity index (χ1) is 10.8. The zero-order valence-corrected chi connectivity index (χ0v) is 12.7. The number of anilines is 3. The summed E-state index contributed by atoms with van der Waals surface area (Å²) in [5.74, 6) is 1.18. The van der Waals surface area contributed by atoms with Crippen molar-refractivity contribution >= 4 is 17.2 Å². The maximum Gasteiger partial charge on any atom is 0.286 e. The number of pyridine rings is 1. The predicted molar refractivity (Wildman–Crippen MR) is 89.7 cm³/mol. The molecule has 0 amide bonds. The molecule has 4 rings (SSSR count). The molecule has 0 unspecified atom stereocenters. The molecular weight excluding hydrogens is 268 g/mol. The summed E-state index contributed by atoms with van der Waals surface area (Å²) >= 11 is 0. The van der Waals surface area contributed by atoms with Crippen molar-refractivity contribution in [3.8, 4) is 0 Å². The van der Waals surface area contributed by atoms with Gasteiger partial charge in [0.1, 0.15) is 11.4 Å². The van der Waals surface area contributed by atoms with Crippen molar-refractivity contribution < 1.29 is 4.57 Å². The van der Waals surface area contributed by atoms with Crippen LogP contribution in [-0.2, 0) is 19.9 Å². The zero-order chi connectivity index (χ0) is 14.9. The van der Waals surface area contributed by atoms with E-state index >= 15 is 0 Å². The second-order valence-corrected chi connectivity index (χ2v) is 5.76. The van der Waals surface area contributed by atoms with Gasteiger partial charge in [-0.25, -0.2) is 4.57 Å². The van der Waals surface area contributed by atoms with Gasteiger partial charge < -0.3 is 0 Å². The Morgan fingerprint density at radius 1 is 0.727 bits per heavy atom. The first kappa shape index (κ1) is 13.1. The fourth-order valence-electron chi connectivity index (χ4n) is 3.27. The molecule has 2 heterocycles. The van der Waals surface area contributed by atoms with E-state index in [4.69, 9.17) is 0 Å². The quantitative estimate of drug-likeness (QED) is 0.612. The van der Waals surface area contributed by atoms with E-state index in [1.54, 1.807) is 0 Å². The normalized spacial score (nSPS) is 13.2. The molecule has 0 atom stereocenters. The van der Waals surface area contributed by atoms with Gasteiger partial charge >= 0.3 is 0 Å². The molecule has 108 valence electrons. The van der Waals surface area contributed by atoms with Crippen LogP contribution >= 0.6 is 0 Å². The molecule has 1 aromatic heterocycles. The Bertz CT molecular complexity index is 776. The summed E-state index contributed by atoms with van der Waals surface area (Å²) in [4.78, 5) is 2.39. The highest BCUT2D eigenvalue weighted by Crippen LogP contribution is 2.39. The van der Waals surface area contributed by atoms with Gasteiger partial charge in [-0.3, -0.25) is 0 Å². The Kier molecular flexibility index (Phi) is 3.15. The van der Waals surface area contributed by atoms with E-state index in [1.807, 2.05) is 0 Å². The Labute approximate surface area is 131 Å². The number of rotatable bonds is 1. The third kappa shape index (κ3) is 2.08. The average molecular weight is 287 g/mol. The number of benzene rings is 2. The molecule has 1 aliphatic rings. The zero-order valence-electron chi connectivity index (χ0n) is 12.7. The van der Waals surface area contributed by atoms with Gasteiger partial charge in [0.2, 0.25) is 0 Å². The summed E-state index contributed by atoms with van der Waals surface area (Å²) < 4.78 is 2.18. The van der Waals surface area contributed by atoms with E-state index in [2.05, 4.69) is 89.4 Å². The van der Waals surface area contributed by atoms with Crippen LogP contribution in [-0.4, -0.2) is 0 Å². The second-order valence-electron chi connectivity index (χ2n) is 5.76. The van der Waals surface area contributed by atoms with Crippen LogP contribution in [0.4, 0.5) is 17.2 Å². The molecule has 0 aliphatic carbocycles. The minimum Gasteiger partial charge on any atom is -0.237 e. The molecule has 0 N–H and O–H groups in total. The van der Waals surface area contributed by atoms with Crippen LogP contribution in [0.1, 0.15) is 11.1 Å². The smallest absolute Gasteiger partial charge is 0.237 e. The maximum absolute atomic E-state index is 2.39. The van der Waals surface area contributed by atoms with E-state index in [-0.39, 0.29) is 0 Å². The van der Waals surface area contributed by atoms with Gasteiger partial charge in [0.05, 0.1) is 13.2 Å². The van der Waals surface area contributed by atoms with Crippen molar-refractivity contribution in [3.05, 3.63) is 84.1 Å². The van der Waals surface area contributed by atoms with Crippen molar-refractivity contribution in [2.75, 3.05) is 4.90 Å². The first-order valence-corrected chi connectivity index (χ1v) is 7.75. The van der Waals surface area contributed by atoms with Crippen LogP contribution in [0.2, 0.25) is 0 Å². The molecule has 2 aromatic carbocycles. The van der Waals surface area contributed by atoms with Crippen LogP contribution < -0.4 is 9.47 Å². The summed E-state index contributed by atoms with van der Waals surface area (Å²) in [5, 5.41) is 0. The van der Waals surface area contributed by atoms with Crippen LogP contribution in [0.25, 0.3) is 0 Å². The summed E-state index contributed by atoms with van der Waals surface area (Å²) in [6.07, 6.45) is 4.27. The highest BCUT2D eigenvalue weighted by atomic mass is 15.2. The van der Waals surface area contributed by atoms with E-state index in [9.17, 15) is 0 Å². The monoisotopic (exact) mass is 287 g/mol. The van der Waals surface area contributed by atoms with Crippen LogP contribution in [0.15, 0.2) is 72.9 Å². The standard InChI is InChI=1S/C20H19N2/c1-21-15-7-6-12-20(21)22-18-10-4-2-8-16(18)13-14-17-9-3-5-11-19(17)22/h2-12,15H,13-14H2,1H3/q+1. The largest absolute Gasteiger partial charge is 0.286 e. The lowest BCUT2D eigenvalue weighted by molar-refractivity contribution is -0.658. The molecule has 3 aromatic rings.